The second-order valence-corrected chi connectivity index (χ2v) is 11.0. The standard InChI is InChI=1S/C27H33ClN6O5/c1-26(2,3)27(39-25(29)38,14-17-4-6-18(28)7-5-17)24(37)34-12-10-33(11-13-34)20-8-9-30-23-22(20)19(15-31-23)32-21(36)16-35/h4-9,15,35H,10-14,16H2,1-3H3,(H2,29,38)(H,30,31)(H,32,36). The van der Waals surface area contributed by atoms with Crippen molar-refractivity contribution in [1.29, 1.82) is 0 Å². The Morgan fingerprint density at radius 1 is 1.13 bits per heavy atom. The molecule has 4 rings (SSSR count). The van der Waals surface area contributed by atoms with E-state index in [1.165, 1.54) is 0 Å². The van der Waals surface area contributed by atoms with Crippen molar-refractivity contribution in [1.82, 2.24) is 14.9 Å². The molecule has 5 N–H and O–H groups in total. The van der Waals surface area contributed by atoms with Crippen LogP contribution in [0.3, 0.4) is 0 Å². The number of nitrogens with zero attached hydrogens (tertiary/aromatic N) is 3. The summed E-state index contributed by atoms with van der Waals surface area (Å²) in [4.78, 5) is 49.3. The number of benzene rings is 1. The lowest BCUT2D eigenvalue weighted by Crippen LogP contribution is -2.63. The van der Waals surface area contributed by atoms with Crippen molar-refractivity contribution in [2.24, 2.45) is 11.1 Å². The van der Waals surface area contributed by atoms with Gasteiger partial charge in [0.1, 0.15) is 12.3 Å². The van der Waals surface area contributed by atoms with Gasteiger partial charge < -0.3 is 35.7 Å². The second-order valence-electron chi connectivity index (χ2n) is 10.5. The van der Waals surface area contributed by atoms with Gasteiger partial charge in [-0.2, -0.15) is 0 Å². The first-order chi connectivity index (χ1) is 18.4. The zero-order valence-corrected chi connectivity index (χ0v) is 22.9. The molecule has 1 aromatic carbocycles. The number of pyridine rings is 1. The highest BCUT2D eigenvalue weighted by Gasteiger charge is 2.54. The van der Waals surface area contributed by atoms with Crippen LogP contribution in [0.1, 0.15) is 26.3 Å². The molecule has 39 heavy (non-hydrogen) atoms. The summed E-state index contributed by atoms with van der Waals surface area (Å²) >= 11 is 6.05. The van der Waals surface area contributed by atoms with Gasteiger partial charge in [-0.1, -0.05) is 44.5 Å². The molecule has 0 saturated carbocycles. The number of rotatable bonds is 7. The molecule has 1 aliphatic heterocycles. The molecule has 1 aliphatic rings. The molecular weight excluding hydrogens is 524 g/mol. The SMILES string of the molecule is CC(C)(C)C(Cc1ccc(Cl)cc1)(OC(N)=O)C(=O)N1CCN(c2ccnc3[nH]cc(NC(=O)CO)c23)CC1. The first-order valence-electron chi connectivity index (χ1n) is 12.6. The highest BCUT2D eigenvalue weighted by atomic mass is 35.5. The van der Waals surface area contributed by atoms with E-state index in [0.29, 0.717) is 47.9 Å². The number of halogens is 1. The molecule has 0 bridgehead atoms. The van der Waals surface area contributed by atoms with Gasteiger partial charge in [0.05, 0.1) is 16.8 Å². The van der Waals surface area contributed by atoms with Crippen LogP contribution in [-0.2, 0) is 20.7 Å². The highest BCUT2D eigenvalue weighted by Crippen LogP contribution is 2.40. The molecule has 1 unspecified atom stereocenters. The van der Waals surface area contributed by atoms with E-state index in [4.69, 9.17) is 27.2 Å². The first-order valence-corrected chi connectivity index (χ1v) is 13.0. The molecule has 12 heteroatoms. The molecule has 2 aromatic heterocycles. The fourth-order valence-corrected chi connectivity index (χ4v) is 5.08. The third-order valence-corrected chi connectivity index (χ3v) is 7.33. The predicted molar refractivity (Wildman–Crippen MR) is 149 cm³/mol. The van der Waals surface area contributed by atoms with E-state index >= 15 is 0 Å². The van der Waals surface area contributed by atoms with Crippen molar-refractivity contribution in [3.8, 4) is 0 Å². The van der Waals surface area contributed by atoms with Gasteiger partial charge in [-0.25, -0.2) is 9.78 Å². The maximum Gasteiger partial charge on any atom is 0.405 e. The molecule has 3 heterocycles. The number of hydrogen-bond donors (Lipinski definition) is 4. The second kappa shape index (κ2) is 11.1. The Kier molecular flexibility index (Phi) is 8.03. The number of piperazine rings is 1. The lowest BCUT2D eigenvalue weighted by Gasteiger charge is -2.46. The Morgan fingerprint density at radius 2 is 1.79 bits per heavy atom. The van der Waals surface area contributed by atoms with Gasteiger partial charge in [0.2, 0.25) is 11.5 Å². The monoisotopic (exact) mass is 556 g/mol. The van der Waals surface area contributed by atoms with E-state index < -0.39 is 29.6 Å². The number of H-pyrrole nitrogens is 1. The molecule has 1 atom stereocenters. The number of aromatic nitrogens is 2. The van der Waals surface area contributed by atoms with Crippen LogP contribution in [0.15, 0.2) is 42.7 Å². The van der Waals surface area contributed by atoms with Crippen LogP contribution in [-0.4, -0.2) is 76.3 Å². The molecule has 3 aromatic rings. The highest BCUT2D eigenvalue weighted by molar-refractivity contribution is 6.30. The number of carbonyl (C=O) groups is 3. The normalized spacial score (nSPS) is 15.6. The summed E-state index contributed by atoms with van der Waals surface area (Å²) in [7, 11) is 0. The molecular formula is C27H33ClN6O5. The minimum atomic E-state index is -1.54. The summed E-state index contributed by atoms with van der Waals surface area (Å²) in [5.41, 5.74) is 5.90. The van der Waals surface area contributed by atoms with Crippen molar-refractivity contribution >= 4 is 51.9 Å². The van der Waals surface area contributed by atoms with Gasteiger partial charge in [0.25, 0.3) is 5.91 Å². The van der Waals surface area contributed by atoms with Crippen LogP contribution in [0.5, 0.6) is 0 Å². The Morgan fingerprint density at radius 3 is 2.38 bits per heavy atom. The van der Waals surface area contributed by atoms with E-state index in [1.807, 2.05) is 26.8 Å². The smallest absolute Gasteiger partial charge is 0.405 e. The van der Waals surface area contributed by atoms with Crippen LogP contribution < -0.4 is 16.0 Å². The maximum absolute atomic E-state index is 14.2. The van der Waals surface area contributed by atoms with Crippen molar-refractivity contribution in [3.63, 3.8) is 0 Å². The number of aromatic amines is 1. The van der Waals surface area contributed by atoms with Crippen LogP contribution in [0.2, 0.25) is 5.02 Å². The van der Waals surface area contributed by atoms with E-state index in [1.54, 1.807) is 41.6 Å². The lowest BCUT2D eigenvalue weighted by atomic mass is 9.71. The molecule has 11 nitrogen and oxygen atoms in total. The third kappa shape index (κ3) is 5.79. The first kappa shape index (κ1) is 28.2. The van der Waals surface area contributed by atoms with E-state index in [9.17, 15) is 14.4 Å². The number of ether oxygens (including phenoxy) is 1. The topological polar surface area (TPSA) is 154 Å². The largest absolute Gasteiger partial charge is 0.432 e. The van der Waals surface area contributed by atoms with Crippen molar-refractivity contribution in [2.45, 2.75) is 32.8 Å². The van der Waals surface area contributed by atoms with Crippen LogP contribution in [0.25, 0.3) is 11.0 Å². The summed E-state index contributed by atoms with van der Waals surface area (Å²) in [6, 6.07) is 8.91. The minimum absolute atomic E-state index is 0.137. The Bertz CT molecular complexity index is 1360. The predicted octanol–water partition coefficient (Wildman–Crippen LogP) is 2.92. The number of nitrogens with one attached hydrogen (secondary N) is 2. The molecule has 0 spiro atoms. The zero-order chi connectivity index (χ0) is 28.4. The number of primary amides is 1. The van der Waals surface area contributed by atoms with Crippen molar-refractivity contribution < 1.29 is 24.2 Å². The summed E-state index contributed by atoms with van der Waals surface area (Å²) in [5, 5.41) is 13.1. The average molecular weight is 557 g/mol. The molecule has 0 radical (unpaired) electrons. The number of anilines is 2. The molecule has 1 saturated heterocycles. The number of carbonyl (C=O) groups excluding carboxylic acids is 3. The lowest BCUT2D eigenvalue weighted by molar-refractivity contribution is -0.164. The van der Waals surface area contributed by atoms with Crippen LogP contribution in [0.4, 0.5) is 16.2 Å². The van der Waals surface area contributed by atoms with Gasteiger partial charge in [0.15, 0.2) is 0 Å². The van der Waals surface area contributed by atoms with Gasteiger partial charge in [-0.3, -0.25) is 9.59 Å². The molecule has 0 aliphatic carbocycles. The summed E-state index contributed by atoms with van der Waals surface area (Å²) in [5.74, 6) is -0.851. The van der Waals surface area contributed by atoms with E-state index in [2.05, 4.69) is 20.2 Å². The number of nitrogens with two attached hydrogens (primary N) is 1. The number of aliphatic hydroxyl groups excluding tert-OH is 1. The van der Waals surface area contributed by atoms with Crippen LogP contribution in [0, 0.1) is 5.41 Å². The fourth-order valence-electron chi connectivity index (χ4n) is 4.95. The van der Waals surface area contributed by atoms with Gasteiger partial charge >= 0.3 is 6.09 Å². The van der Waals surface area contributed by atoms with Crippen LogP contribution >= 0.6 is 11.6 Å². The number of hydrogen-bond acceptors (Lipinski definition) is 7. The fraction of sp³-hybridized carbons (Fsp3) is 0.407. The summed E-state index contributed by atoms with van der Waals surface area (Å²) in [6.07, 6.45) is 2.41. The molecule has 1 fully saturated rings. The van der Waals surface area contributed by atoms with Gasteiger partial charge in [-0.15, -0.1) is 0 Å². The Labute approximate surface area is 231 Å². The Hall–Kier alpha value is -3.83. The van der Waals surface area contributed by atoms with E-state index in [0.717, 1.165) is 11.3 Å². The quantitative estimate of drug-likeness (QED) is 0.349. The number of amides is 3. The van der Waals surface area contributed by atoms with Crippen molar-refractivity contribution in [3.05, 3.63) is 53.3 Å². The number of aliphatic hydroxyl groups is 1. The van der Waals surface area contributed by atoms with Gasteiger partial charge in [-0.05, 0) is 23.8 Å². The minimum Gasteiger partial charge on any atom is -0.432 e. The molecule has 3 amide bonds. The summed E-state index contributed by atoms with van der Waals surface area (Å²) in [6.45, 7) is 6.62. The van der Waals surface area contributed by atoms with Gasteiger partial charge in [0, 0.05) is 55.4 Å². The van der Waals surface area contributed by atoms with Crippen molar-refractivity contribution in [2.75, 3.05) is 43.0 Å². The van der Waals surface area contributed by atoms with E-state index in [-0.39, 0.29) is 12.3 Å². The Balaban J connectivity index is 1.60. The molecule has 208 valence electrons. The third-order valence-electron chi connectivity index (χ3n) is 7.07. The zero-order valence-electron chi connectivity index (χ0n) is 22.2. The average Bonchev–Trinajstić information content (AvgIpc) is 3.31. The summed E-state index contributed by atoms with van der Waals surface area (Å²) < 4.78 is 5.70. The maximum atomic E-state index is 14.2. The number of fused-ring (bicyclic) bond motifs is 1.